The Morgan fingerprint density at radius 1 is 1.04 bits per heavy atom. The molecule has 0 aliphatic rings. The number of nitrogens with one attached hydrogen (secondary N) is 2. The molecular formula is C20H19ClN4O2. The third-order valence-electron chi connectivity index (χ3n) is 3.64. The Labute approximate surface area is 162 Å². The van der Waals surface area contributed by atoms with Crippen LogP contribution in [0.5, 0.6) is 0 Å². The average molecular weight is 383 g/mol. The van der Waals surface area contributed by atoms with E-state index in [-0.39, 0.29) is 5.97 Å². The summed E-state index contributed by atoms with van der Waals surface area (Å²) in [5.74, 6) is 1.40. The van der Waals surface area contributed by atoms with E-state index >= 15 is 0 Å². The fourth-order valence-corrected chi connectivity index (χ4v) is 2.62. The first-order valence-electron chi connectivity index (χ1n) is 8.46. The van der Waals surface area contributed by atoms with E-state index in [0.29, 0.717) is 40.3 Å². The normalized spacial score (nSPS) is 10.3. The number of nitrogens with zero attached hydrogens (tertiary/aromatic N) is 2. The number of aryl methyl sites for hydroxylation is 1. The Morgan fingerprint density at radius 3 is 2.41 bits per heavy atom. The molecule has 0 atom stereocenters. The highest BCUT2D eigenvalue weighted by atomic mass is 35.5. The molecule has 0 spiro atoms. The summed E-state index contributed by atoms with van der Waals surface area (Å²) >= 11 is 5.92. The van der Waals surface area contributed by atoms with Crippen molar-refractivity contribution >= 4 is 40.6 Å². The van der Waals surface area contributed by atoms with Crippen LogP contribution >= 0.6 is 11.6 Å². The van der Waals surface area contributed by atoms with Gasteiger partial charge in [0.2, 0.25) is 0 Å². The summed E-state index contributed by atoms with van der Waals surface area (Å²) in [5.41, 5.74) is 1.92. The highest BCUT2D eigenvalue weighted by Crippen LogP contribution is 2.24. The zero-order valence-corrected chi connectivity index (χ0v) is 15.7. The lowest BCUT2D eigenvalue weighted by Crippen LogP contribution is -2.09. The standard InChI is InChI=1S/C20H19ClN4O2/c1-3-27-20(26)16-6-4-5-7-17(16)25-19-12-18(22-13(2)23-19)24-15-10-8-14(21)9-11-15/h4-12H,3H2,1-2H3,(H2,22,23,24,25). The van der Waals surface area contributed by atoms with Gasteiger partial charge in [-0.1, -0.05) is 23.7 Å². The molecule has 2 N–H and O–H groups in total. The minimum atomic E-state index is -0.383. The largest absolute Gasteiger partial charge is 0.462 e. The van der Waals surface area contributed by atoms with Crippen LogP contribution in [0.4, 0.5) is 23.0 Å². The Hall–Kier alpha value is -3.12. The molecule has 0 fully saturated rings. The summed E-state index contributed by atoms with van der Waals surface area (Å²) in [6, 6.07) is 16.2. The van der Waals surface area contributed by atoms with Crippen LogP contribution in [0.3, 0.4) is 0 Å². The van der Waals surface area contributed by atoms with E-state index < -0.39 is 0 Å². The van der Waals surface area contributed by atoms with Crippen LogP contribution in [-0.4, -0.2) is 22.5 Å². The van der Waals surface area contributed by atoms with Gasteiger partial charge >= 0.3 is 5.97 Å². The molecule has 0 aliphatic carbocycles. The number of hydrogen-bond acceptors (Lipinski definition) is 6. The average Bonchev–Trinajstić information content (AvgIpc) is 2.64. The van der Waals surface area contributed by atoms with Gasteiger partial charge in [-0.25, -0.2) is 14.8 Å². The number of hydrogen-bond donors (Lipinski definition) is 2. The van der Waals surface area contributed by atoms with Crippen molar-refractivity contribution in [1.29, 1.82) is 0 Å². The molecule has 6 nitrogen and oxygen atoms in total. The zero-order valence-electron chi connectivity index (χ0n) is 15.0. The minimum absolute atomic E-state index is 0.314. The molecule has 0 amide bonds. The monoisotopic (exact) mass is 382 g/mol. The third-order valence-corrected chi connectivity index (χ3v) is 3.89. The van der Waals surface area contributed by atoms with Crippen LogP contribution in [0.15, 0.2) is 54.6 Å². The molecule has 0 saturated heterocycles. The number of rotatable bonds is 6. The first-order valence-corrected chi connectivity index (χ1v) is 8.84. The second-order valence-electron chi connectivity index (χ2n) is 5.71. The van der Waals surface area contributed by atoms with E-state index in [0.717, 1.165) is 5.69 Å². The molecule has 3 aromatic rings. The second-order valence-corrected chi connectivity index (χ2v) is 6.15. The lowest BCUT2D eigenvalue weighted by atomic mass is 10.2. The summed E-state index contributed by atoms with van der Waals surface area (Å²) in [6.07, 6.45) is 0. The van der Waals surface area contributed by atoms with Gasteiger partial charge in [0.1, 0.15) is 17.5 Å². The van der Waals surface area contributed by atoms with Gasteiger partial charge in [-0.2, -0.15) is 0 Å². The predicted octanol–water partition coefficient (Wildman–Crippen LogP) is 5.10. The molecule has 2 aromatic carbocycles. The molecule has 1 heterocycles. The highest BCUT2D eigenvalue weighted by molar-refractivity contribution is 6.30. The van der Waals surface area contributed by atoms with Crippen molar-refractivity contribution < 1.29 is 9.53 Å². The summed E-state index contributed by atoms with van der Waals surface area (Å²) in [6.45, 7) is 3.89. The number of halogens is 1. The fraction of sp³-hybridized carbons (Fsp3) is 0.150. The predicted molar refractivity (Wildman–Crippen MR) is 107 cm³/mol. The Bertz CT molecular complexity index is 945. The maximum Gasteiger partial charge on any atom is 0.340 e. The summed E-state index contributed by atoms with van der Waals surface area (Å²) < 4.78 is 5.11. The van der Waals surface area contributed by atoms with Crippen molar-refractivity contribution in [3.05, 3.63) is 71.0 Å². The Balaban J connectivity index is 1.85. The number of ether oxygens (including phenoxy) is 1. The maximum absolute atomic E-state index is 12.1. The topological polar surface area (TPSA) is 76.1 Å². The van der Waals surface area contributed by atoms with E-state index in [1.54, 1.807) is 50.2 Å². The van der Waals surface area contributed by atoms with Crippen molar-refractivity contribution in [2.75, 3.05) is 17.2 Å². The van der Waals surface area contributed by atoms with Gasteiger partial charge in [-0.15, -0.1) is 0 Å². The molecule has 0 bridgehead atoms. The minimum Gasteiger partial charge on any atom is -0.462 e. The molecule has 0 aliphatic heterocycles. The molecular weight excluding hydrogens is 364 g/mol. The Morgan fingerprint density at radius 2 is 1.70 bits per heavy atom. The van der Waals surface area contributed by atoms with Gasteiger partial charge in [0.15, 0.2) is 0 Å². The molecule has 7 heteroatoms. The van der Waals surface area contributed by atoms with Gasteiger partial charge in [-0.05, 0) is 50.2 Å². The van der Waals surface area contributed by atoms with E-state index in [4.69, 9.17) is 16.3 Å². The number of esters is 1. The van der Waals surface area contributed by atoms with Gasteiger partial charge in [-0.3, -0.25) is 0 Å². The van der Waals surface area contributed by atoms with Crippen LogP contribution in [0.1, 0.15) is 23.1 Å². The number of anilines is 4. The van der Waals surface area contributed by atoms with Crippen molar-refractivity contribution in [3.63, 3.8) is 0 Å². The van der Waals surface area contributed by atoms with Gasteiger partial charge in [0.25, 0.3) is 0 Å². The smallest absolute Gasteiger partial charge is 0.340 e. The first-order chi connectivity index (χ1) is 13.0. The highest BCUT2D eigenvalue weighted by Gasteiger charge is 2.13. The number of carbonyl (C=O) groups excluding carboxylic acids is 1. The van der Waals surface area contributed by atoms with E-state index in [2.05, 4.69) is 20.6 Å². The SMILES string of the molecule is CCOC(=O)c1ccccc1Nc1cc(Nc2ccc(Cl)cc2)nc(C)n1. The molecule has 0 radical (unpaired) electrons. The van der Waals surface area contributed by atoms with E-state index in [1.807, 2.05) is 18.2 Å². The first kappa shape index (κ1) is 18.7. The lowest BCUT2D eigenvalue weighted by Gasteiger charge is -2.13. The van der Waals surface area contributed by atoms with E-state index in [9.17, 15) is 4.79 Å². The fourth-order valence-electron chi connectivity index (χ4n) is 2.49. The van der Waals surface area contributed by atoms with Crippen molar-refractivity contribution in [2.45, 2.75) is 13.8 Å². The molecule has 0 saturated carbocycles. The Kier molecular flexibility index (Phi) is 5.88. The van der Waals surface area contributed by atoms with Gasteiger partial charge in [0.05, 0.1) is 17.9 Å². The summed E-state index contributed by atoms with van der Waals surface area (Å²) in [7, 11) is 0. The number of aromatic nitrogens is 2. The van der Waals surface area contributed by atoms with Crippen LogP contribution in [0, 0.1) is 6.92 Å². The quantitative estimate of drug-likeness (QED) is 0.577. The van der Waals surface area contributed by atoms with Crippen LogP contribution in [0.25, 0.3) is 0 Å². The van der Waals surface area contributed by atoms with Crippen molar-refractivity contribution in [2.24, 2.45) is 0 Å². The molecule has 1 aromatic heterocycles. The van der Waals surface area contributed by atoms with Crippen LogP contribution in [-0.2, 0) is 4.74 Å². The van der Waals surface area contributed by atoms with Gasteiger partial charge in [0, 0.05) is 16.8 Å². The zero-order chi connectivity index (χ0) is 19.2. The third kappa shape index (κ3) is 4.95. The molecule has 0 unspecified atom stereocenters. The molecule has 3 rings (SSSR count). The van der Waals surface area contributed by atoms with Gasteiger partial charge < -0.3 is 15.4 Å². The summed E-state index contributed by atoms with van der Waals surface area (Å²) in [5, 5.41) is 7.05. The number of carbonyl (C=O) groups is 1. The number of para-hydroxylation sites is 1. The van der Waals surface area contributed by atoms with Crippen molar-refractivity contribution in [3.8, 4) is 0 Å². The van der Waals surface area contributed by atoms with Crippen molar-refractivity contribution in [1.82, 2.24) is 9.97 Å². The number of benzene rings is 2. The van der Waals surface area contributed by atoms with Crippen LogP contribution in [0.2, 0.25) is 5.02 Å². The maximum atomic E-state index is 12.1. The lowest BCUT2D eigenvalue weighted by molar-refractivity contribution is 0.0527. The molecule has 138 valence electrons. The molecule has 27 heavy (non-hydrogen) atoms. The van der Waals surface area contributed by atoms with E-state index in [1.165, 1.54) is 0 Å². The second kappa shape index (κ2) is 8.51. The summed E-state index contributed by atoms with van der Waals surface area (Å²) in [4.78, 5) is 20.9. The van der Waals surface area contributed by atoms with Crippen LogP contribution < -0.4 is 10.6 Å².